The molecule has 0 bridgehead atoms. The summed E-state index contributed by atoms with van der Waals surface area (Å²) >= 11 is 0. The molecule has 3 aromatic rings. The minimum Gasteiger partial charge on any atom is -0.336 e. The van der Waals surface area contributed by atoms with Gasteiger partial charge < -0.3 is 9.30 Å². The van der Waals surface area contributed by atoms with Crippen molar-refractivity contribution in [3.8, 4) is 0 Å². The highest BCUT2D eigenvalue weighted by Crippen LogP contribution is 2.13. The molecule has 25 heavy (non-hydrogen) atoms. The van der Waals surface area contributed by atoms with Crippen molar-refractivity contribution >= 4 is 11.6 Å². The van der Waals surface area contributed by atoms with Gasteiger partial charge in [0.2, 0.25) is 0 Å². The van der Waals surface area contributed by atoms with Gasteiger partial charge in [0, 0.05) is 50.7 Å². The smallest absolute Gasteiger partial charge is 0.253 e. The predicted molar refractivity (Wildman–Crippen MR) is 97.6 cm³/mol. The van der Waals surface area contributed by atoms with Gasteiger partial charge in [0.05, 0.1) is 5.69 Å². The summed E-state index contributed by atoms with van der Waals surface area (Å²) in [6.07, 6.45) is 4.10. The van der Waals surface area contributed by atoms with Crippen LogP contribution in [0.5, 0.6) is 0 Å². The Bertz CT molecular complexity index is 860. The first-order chi connectivity index (χ1) is 12.2. The number of piperazine rings is 1. The Morgan fingerprint density at radius 1 is 1.08 bits per heavy atom. The van der Waals surface area contributed by atoms with Crippen LogP contribution in [0.3, 0.4) is 0 Å². The molecule has 0 radical (unpaired) electrons. The molecule has 5 heteroatoms. The van der Waals surface area contributed by atoms with Gasteiger partial charge in [-0.2, -0.15) is 0 Å². The summed E-state index contributed by atoms with van der Waals surface area (Å²) in [6.45, 7) is 6.13. The summed E-state index contributed by atoms with van der Waals surface area (Å²) in [6, 6.07) is 13.9. The first-order valence-corrected chi connectivity index (χ1v) is 8.70. The molecule has 0 spiro atoms. The van der Waals surface area contributed by atoms with E-state index in [0.717, 1.165) is 55.2 Å². The fourth-order valence-corrected chi connectivity index (χ4v) is 3.36. The van der Waals surface area contributed by atoms with E-state index in [1.165, 1.54) is 0 Å². The van der Waals surface area contributed by atoms with E-state index in [0.29, 0.717) is 0 Å². The largest absolute Gasteiger partial charge is 0.336 e. The third kappa shape index (κ3) is 3.42. The molecule has 2 aromatic heterocycles. The summed E-state index contributed by atoms with van der Waals surface area (Å²) in [7, 11) is 0. The molecular weight excluding hydrogens is 312 g/mol. The Hall–Kier alpha value is -2.66. The molecule has 5 nitrogen and oxygen atoms in total. The molecule has 0 aliphatic carbocycles. The van der Waals surface area contributed by atoms with E-state index in [1.54, 1.807) is 0 Å². The topological polar surface area (TPSA) is 40.9 Å². The van der Waals surface area contributed by atoms with Gasteiger partial charge >= 0.3 is 0 Å². The molecule has 3 heterocycles. The highest BCUT2D eigenvalue weighted by atomic mass is 16.2. The zero-order valence-electron chi connectivity index (χ0n) is 14.4. The average Bonchev–Trinajstić information content (AvgIpc) is 3.04. The van der Waals surface area contributed by atoms with Gasteiger partial charge in [0.1, 0.15) is 5.65 Å². The summed E-state index contributed by atoms with van der Waals surface area (Å²) < 4.78 is 2.05. The number of rotatable bonds is 3. The highest BCUT2D eigenvalue weighted by molar-refractivity contribution is 5.94. The van der Waals surface area contributed by atoms with Crippen LogP contribution in [0.25, 0.3) is 5.65 Å². The molecule has 0 saturated carbocycles. The number of imidazole rings is 1. The zero-order valence-corrected chi connectivity index (χ0v) is 14.4. The van der Waals surface area contributed by atoms with Crippen molar-refractivity contribution in [1.82, 2.24) is 19.2 Å². The molecule has 0 N–H and O–H groups in total. The van der Waals surface area contributed by atoms with Crippen molar-refractivity contribution in [3.05, 3.63) is 71.7 Å². The number of hydrogen-bond donors (Lipinski definition) is 0. The van der Waals surface area contributed by atoms with E-state index >= 15 is 0 Å². The molecule has 0 unspecified atom stereocenters. The number of aromatic nitrogens is 2. The number of benzene rings is 1. The first-order valence-electron chi connectivity index (χ1n) is 8.70. The van der Waals surface area contributed by atoms with Crippen LogP contribution in [-0.4, -0.2) is 51.3 Å². The molecular formula is C20H22N4O. The lowest BCUT2D eigenvalue weighted by atomic mass is 10.1. The maximum Gasteiger partial charge on any atom is 0.253 e. The maximum atomic E-state index is 12.6. The third-order valence-electron chi connectivity index (χ3n) is 4.72. The molecule has 1 aliphatic rings. The first kappa shape index (κ1) is 15.8. The van der Waals surface area contributed by atoms with Crippen molar-refractivity contribution in [2.45, 2.75) is 13.5 Å². The second-order valence-corrected chi connectivity index (χ2v) is 6.64. The van der Waals surface area contributed by atoms with Crippen LogP contribution in [-0.2, 0) is 6.54 Å². The van der Waals surface area contributed by atoms with Crippen LogP contribution in [0.2, 0.25) is 0 Å². The zero-order chi connectivity index (χ0) is 17.2. The van der Waals surface area contributed by atoms with Gasteiger partial charge in [-0.25, -0.2) is 4.98 Å². The number of carbonyl (C=O) groups is 1. The third-order valence-corrected chi connectivity index (χ3v) is 4.72. The molecule has 1 amide bonds. The van der Waals surface area contributed by atoms with Crippen LogP contribution < -0.4 is 0 Å². The lowest BCUT2D eigenvalue weighted by Gasteiger charge is -2.34. The molecule has 0 atom stereocenters. The Balaban J connectivity index is 1.37. The summed E-state index contributed by atoms with van der Waals surface area (Å²) in [5, 5.41) is 0. The predicted octanol–water partition coefficient (Wildman–Crippen LogP) is 2.60. The van der Waals surface area contributed by atoms with Crippen LogP contribution in [0.15, 0.2) is 54.9 Å². The van der Waals surface area contributed by atoms with E-state index in [2.05, 4.69) is 16.1 Å². The summed E-state index contributed by atoms with van der Waals surface area (Å²) in [5.41, 5.74) is 3.96. The normalized spacial score (nSPS) is 15.6. The number of carbonyl (C=O) groups excluding carboxylic acids is 1. The lowest BCUT2D eigenvalue weighted by Crippen LogP contribution is -2.48. The Kier molecular flexibility index (Phi) is 4.24. The fraction of sp³-hybridized carbons (Fsp3) is 0.300. The van der Waals surface area contributed by atoms with Gasteiger partial charge in [0.15, 0.2) is 0 Å². The maximum absolute atomic E-state index is 12.6. The minimum atomic E-state index is 0.135. The molecule has 1 saturated heterocycles. The minimum absolute atomic E-state index is 0.135. The van der Waals surface area contributed by atoms with E-state index < -0.39 is 0 Å². The fourth-order valence-electron chi connectivity index (χ4n) is 3.36. The highest BCUT2D eigenvalue weighted by Gasteiger charge is 2.22. The summed E-state index contributed by atoms with van der Waals surface area (Å²) in [5.74, 6) is 0.135. The second kappa shape index (κ2) is 6.69. The van der Waals surface area contributed by atoms with Crippen molar-refractivity contribution in [2.75, 3.05) is 26.2 Å². The van der Waals surface area contributed by atoms with Crippen molar-refractivity contribution in [3.63, 3.8) is 0 Å². The van der Waals surface area contributed by atoms with E-state index in [-0.39, 0.29) is 5.91 Å². The van der Waals surface area contributed by atoms with Gasteiger partial charge in [-0.15, -0.1) is 0 Å². The number of amides is 1. The Morgan fingerprint density at radius 2 is 1.92 bits per heavy atom. The van der Waals surface area contributed by atoms with E-state index in [1.807, 2.05) is 64.9 Å². The molecule has 128 valence electrons. The quantitative estimate of drug-likeness (QED) is 0.739. The van der Waals surface area contributed by atoms with Crippen molar-refractivity contribution in [2.24, 2.45) is 0 Å². The molecule has 1 aliphatic heterocycles. The molecule has 1 fully saturated rings. The van der Waals surface area contributed by atoms with E-state index in [9.17, 15) is 4.79 Å². The number of pyridine rings is 1. The van der Waals surface area contributed by atoms with Crippen molar-refractivity contribution in [1.29, 1.82) is 0 Å². The average molecular weight is 334 g/mol. The molecule has 1 aromatic carbocycles. The Labute approximate surface area is 147 Å². The van der Waals surface area contributed by atoms with E-state index in [4.69, 9.17) is 0 Å². The standard InChI is InChI=1S/C20H22N4O/c1-16-5-4-6-17(13-16)20(25)23-11-9-22(10-12-23)14-18-15-24-8-3-2-7-19(24)21-18/h2-8,13,15H,9-12,14H2,1H3. The monoisotopic (exact) mass is 334 g/mol. The SMILES string of the molecule is Cc1cccc(C(=O)N2CCN(Cc3cn4ccccc4n3)CC2)c1. The van der Waals surface area contributed by atoms with Crippen LogP contribution >= 0.6 is 0 Å². The van der Waals surface area contributed by atoms with Gasteiger partial charge in [-0.05, 0) is 31.2 Å². The number of nitrogens with zero attached hydrogens (tertiary/aromatic N) is 4. The van der Waals surface area contributed by atoms with Gasteiger partial charge in [-0.3, -0.25) is 9.69 Å². The lowest BCUT2D eigenvalue weighted by molar-refractivity contribution is 0.0627. The number of hydrogen-bond acceptors (Lipinski definition) is 3. The number of aryl methyl sites for hydroxylation is 1. The van der Waals surface area contributed by atoms with Crippen LogP contribution in [0, 0.1) is 6.92 Å². The summed E-state index contributed by atoms with van der Waals surface area (Å²) in [4.78, 5) is 21.6. The molecule has 4 rings (SSSR count). The number of fused-ring (bicyclic) bond motifs is 1. The second-order valence-electron chi connectivity index (χ2n) is 6.64. The van der Waals surface area contributed by atoms with Crippen molar-refractivity contribution < 1.29 is 4.79 Å². The van der Waals surface area contributed by atoms with Gasteiger partial charge in [0.25, 0.3) is 5.91 Å². The van der Waals surface area contributed by atoms with Crippen LogP contribution in [0.4, 0.5) is 0 Å². The Morgan fingerprint density at radius 3 is 2.68 bits per heavy atom. The van der Waals surface area contributed by atoms with Gasteiger partial charge in [-0.1, -0.05) is 23.8 Å². The van der Waals surface area contributed by atoms with Crippen LogP contribution in [0.1, 0.15) is 21.6 Å².